The Balaban J connectivity index is 2.59. The summed E-state index contributed by atoms with van der Waals surface area (Å²) >= 11 is 5.85. The molecule has 0 atom stereocenters. The van der Waals surface area contributed by atoms with Gasteiger partial charge in [0.15, 0.2) is 8.32 Å². The van der Waals surface area contributed by atoms with Crippen LogP contribution in [0.15, 0.2) is 18.5 Å². The van der Waals surface area contributed by atoms with Crippen LogP contribution in [0.3, 0.4) is 0 Å². The largest absolute Gasteiger partial charge is 0.414 e. The van der Waals surface area contributed by atoms with Gasteiger partial charge in [0, 0.05) is 18.9 Å². The van der Waals surface area contributed by atoms with E-state index < -0.39 is 8.32 Å². The van der Waals surface area contributed by atoms with Gasteiger partial charge in [-0.1, -0.05) is 53.1 Å². The number of carbonyl (C=O) groups is 1. The van der Waals surface area contributed by atoms with Crippen molar-refractivity contribution in [2.45, 2.75) is 58.2 Å². The lowest BCUT2D eigenvalue weighted by Crippen LogP contribution is -2.49. The van der Waals surface area contributed by atoms with Crippen LogP contribution in [0, 0.1) is 0 Å². The van der Waals surface area contributed by atoms with E-state index in [4.69, 9.17) is 16.0 Å². The Morgan fingerprint density at radius 2 is 1.74 bits per heavy atom. The molecule has 130 valence electrons. The predicted octanol–water partition coefficient (Wildman–Crippen LogP) is 4.66. The minimum atomic E-state index is -1.87. The van der Waals surface area contributed by atoms with Gasteiger partial charge >= 0.3 is 0 Å². The Morgan fingerprint density at radius 1 is 1.17 bits per heavy atom. The number of aromatic nitrogens is 1. The molecule has 1 rings (SSSR count). The highest BCUT2D eigenvalue weighted by molar-refractivity contribution is 6.77. The second kappa shape index (κ2) is 8.80. The van der Waals surface area contributed by atoms with Crippen molar-refractivity contribution in [2.24, 2.45) is 0 Å². The number of nitrogens with zero attached hydrogens (tertiary/aromatic N) is 1. The Labute approximate surface area is 146 Å². The first-order valence-electron chi connectivity index (χ1n) is 8.24. The van der Waals surface area contributed by atoms with Crippen LogP contribution < -0.4 is 5.32 Å². The van der Waals surface area contributed by atoms with Gasteiger partial charge in [-0.15, -0.1) is 0 Å². The molecule has 1 aromatic heterocycles. The minimum Gasteiger partial charge on any atom is -0.414 e. The quantitative estimate of drug-likeness (QED) is 0.544. The standard InChI is InChI=1S/C17H29ClN2O2Si/c1-12(2)23(13(3)4,14(5)6)22-8-7-20-17(21)15-9-16(18)11-19-10-15/h9-14H,7-8H2,1-6H3,(H,20,21). The lowest BCUT2D eigenvalue weighted by atomic mass is 10.3. The van der Waals surface area contributed by atoms with Crippen LogP contribution in [-0.2, 0) is 4.43 Å². The molecule has 4 nitrogen and oxygen atoms in total. The molecule has 0 aliphatic carbocycles. The fraction of sp³-hybridized carbons (Fsp3) is 0.647. The molecule has 0 aromatic carbocycles. The average molecular weight is 357 g/mol. The number of halogens is 1. The van der Waals surface area contributed by atoms with Gasteiger partial charge in [-0.3, -0.25) is 9.78 Å². The van der Waals surface area contributed by atoms with E-state index in [1.54, 1.807) is 6.07 Å². The smallest absolute Gasteiger partial charge is 0.252 e. The van der Waals surface area contributed by atoms with Crippen molar-refractivity contribution in [3.63, 3.8) is 0 Å². The van der Waals surface area contributed by atoms with E-state index in [0.717, 1.165) is 0 Å². The van der Waals surface area contributed by atoms with Gasteiger partial charge in [-0.25, -0.2) is 0 Å². The maximum absolute atomic E-state index is 12.1. The lowest BCUT2D eigenvalue weighted by molar-refractivity contribution is 0.0945. The molecule has 1 aromatic rings. The Hall–Kier alpha value is -0.913. The minimum absolute atomic E-state index is 0.172. The molecule has 1 N–H and O–H groups in total. The summed E-state index contributed by atoms with van der Waals surface area (Å²) < 4.78 is 6.41. The molecule has 0 bridgehead atoms. The van der Waals surface area contributed by atoms with Crippen molar-refractivity contribution in [1.82, 2.24) is 10.3 Å². The average Bonchev–Trinajstić information content (AvgIpc) is 2.45. The Morgan fingerprint density at radius 3 is 2.22 bits per heavy atom. The van der Waals surface area contributed by atoms with Crippen LogP contribution in [0.25, 0.3) is 0 Å². The van der Waals surface area contributed by atoms with Crippen molar-refractivity contribution >= 4 is 25.8 Å². The summed E-state index contributed by atoms with van der Waals surface area (Å²) in [6, 6.07) is 1.61. The summed E-state index contributed by atoms with van der Waals surface area (Å²) in [5.74, 6) is -0.172. The molecule has 0 aliphatic rings. The van der Waals surface area contributed by atoms with Crippen molar-refractivity contribution in [3.05, 3.63) is 29.0 Å². The molecule has 0 radical (unpaired) electrons. The molecule has 0 fully saturated rings. The van der Waals surface area contributed by atoms with E-state index in [-0.39, 0.29) is 5.91 Å². The molecule has 0 saturated heterocycles. The van der Waals surface area contributed by atoms with E-state index in [2.05, 4.69) is 51.8 Å². The van der Waals surface area contributed by atoms with Gasteiger partial charge < -0.3 is 9.74 Å². The zero-order valence-corrected chi connectivity index (χ0v) is 16.8. The zero-order valence-electron chi connectivity index (χ0n) is 15.0. The molecule has 0 unspecified atom stereocenters. The van der Waals surface area contributed by atoms with Crippen LogP contribution in [0.1, 0.15) is 51.9 Å². The number of hydrogen-bond acceptors (Lipinski definition) is 3. The summed E-state index contributed by atoms with van der Waals surface area (Å²) in [6.45, 7) is 14.5. The first-order chi connectivity index (χ1) is 10.7. The fourth-order valence-corrected chi connectivity index (χ4v) is 9.16. The third kappa shape index (κ3) is 5.03. The predicted molar refractivity (Wildman–Crippen MR) is 98.6 cm³/mol. The Bertz CT molecular complexity index is 499. The number of pyridine rings is 1. The van der Waals surface area contributed by atoms with Crippen molar-refractivity contribution in [1.29, 1.82) is 0 Å². The first-order valence-corrected chi connectivity index (χ1v) is 10.8. The van der Waals surface area contributed by atoms with E-state index in [1.165, 1.54) is 12.4 Å². The van der Waals surface area contributed by atoms with Crippen LogP contribution >= 0.6 is 11.6 Å². The summed E-state index contributed by atoms with van der Waals surface area (Å²) in [5.41, 5.74) is 2.08. The van der Waals surface area contributed by atoms with Crippen LogP contribution in [0.4, 0.5) is 0 Å². The lowest BCUT2D eigenvalue weighted by Gasteiger charge is -2.42. The fourth-order valence-electron chi connectivity index (χ4n) is 3.53. The molecule has 0 spiro atoms. The van der Waals surface area contributed by atoms with Gasteiger partial charge in [0.2, 0.25) is 0 Å². The van der Waals surface area contributed by atoms with Crippen molar-refractivity contribution < 1.29 is 9.22 Å². The number of amides is 1. The summed E-state index contributed by atoms with van der Waals surface area (Å²) in [6.07, 6.45) is 3.02. The molecule has 0 aliphatic heterocycles. The highest BCUT2D eigenvalue weighted by atomic mass is 35.5. The molecule has 1 amide bonds. The van der Waals surface area contributed by atoms with E-state index in [0.29, 0.717) is 40.4 Å². The molecule has 6 heteroatoms. The molecule has 0 saturated carbocycles. The van der Waals surface area contributed by atoms with Gasteiger partial charge in [0.05, 0.1) is 17.2 Å². The van der Waals surface area contributed by atoms with Crippen molar-refractivity contribution in [3.8, 4) is 0 Å². The third-order valence-electron chi connectivity index (χ3n) is 4.41. The maximum Gasteiger partial charge on any atom is 0.252 e. The topological polar surface area (TPSA) is 51.2 Å². The van der Waals surface area contributed by atoms with E-state index in [9.17, 15) is 4.79 Å². The second-order valence-electron chi connectivity index (χ2n) is 6.81. The van der Waals surface area contributed by atoms with Crippen LogP contribution in [0.2, 0.25) is 21.6 Å². The zero-order chi connectivity index (χ0) is 17.6. The van der Waals surface area contributed by atoms with Gasteiger partial charge in [0.25, 0.3) is 5.91 Å². The second-order valence-corrected chi connectivity index (χ2v) is 12.7. The van der Waals surface area contributed by atoms with Crippen molar-refractivity contribution in [2.75, 3.05) is 13.2 Å². The first kappa shape index (κ1) is 20.1. The summed E-state index contributed by atoms with van der Waals surface area (Å²) in [4.78, 5) is 16.0. The van der Waals surface area contributed by atoms with Crippen LogP contribution in [-0.4, -0.2) is 32.4 Å². The number of rotatable bonds is 8. The monoisotopic (exact) mass is 356 g/mol. The number of nitrogens with one attached hydrogen (secondary N) is 1. The third-order valence-corrected chi connectivity index (χ3v) is 10.7. The number of hydrogen-bond donors (Lipinski definition) is 1. The van der Waals surface area contributed by atoms with E-state index in [1.807, 2.05) is 0 Å². The van der Waals surface area contributed by atoms with E-state index >= 15 is 0 Å². The van der Waals surface area contributed by atoms with Gasteiger partial charge in [-0.2, -0.15) is 0 Å². The maximum atomic E-state index is 12.1. The molecular formula is C17H29ClN2O2Si. The van der Waals surface area contributed by atoms with Gasteiger partial charge in [0.1, 0.15) is 0 Å². The Kier molecular flexibility index (Phi) is 7.71. The molecular weight excluding hydrogens is 328 g/mol. The normalized spacial score (nSPS) is 12.3. The SMILES string of the molecule is CC(C)[Si](OCCNC(=O)c1cncc(Cl)c1)(C(C)C)C(C)C. The summed E-state index contributed by atoms with van der Waals surface area (Å²) in [5, 5.41) is 3.33. The van der Waals surface area contributed by atoms with Crippen LogP contribution in [0.5, 0.6) is 0 Å². The summed E-state index contributed by atoms with van der Waals surface area (Å²) in [7, 11) is -1.87. The highest BCUT2D eigenvalue weighted by Gasteiger charge is 2.44. The van der Waals surface area contributed by atoms with Gasteiger partial charge in [-0.05, 0) is 22.7 Å². The highest BCUT2D eigenvalue weighted by Crippen LogP contribution is 2.41. The molecule has 23 heavy (non-hydrogen) atoms. The number of carbonyl (C=O) groups excluding carboxylic acids is 1. The molecule has 1 heterocycles.